The van der Waals surface area contributed by atoms with Crippen molar-refractivity contribution in [3.8, 4) is 0 Å². The molecule has 1 heterocycles. The Morgan fingerprint density at radius 1 is 1.20 bits per heavy atom. The second kappa shape index (κ2) is 5.75. The van der Waals surface area contributed by atoms with Crippen LogP contribution in [0.5, 0.6) is 0 Å². The fraction of sp³-hybridized carbons (Fsp3) is 0. The van der Waals surface area contributed by atoms with Gasteiger partial charge in [-0.2, -0.15) is 4.73 Å². The maximum atomic E-state index is 11.8. The Kier molecular flexibility index (Phi) is 3.85. The highest BCUT2D eigenvalue weighted by Crippen LogP contribution is 2.13. The number of carbonyl (C=O) groups excluding carboxylic acids is 1. The summed E-state index contributed by atoms with van der Waals surface area (Å²) in [6, 6.07) is 8.83. The van der Waals surface area contributed by atoms with Gasteiger partial charge in [0.05, 0.1) is 10.5 Å². The summed E-state index contributed by atoms with van der Waals surface area (Å²) >= 11 is 0. The lowest BCUT2D eigenvalue weighted by Gasteiger charge is -1.97. The molecule has 0 aliphatic carbocycles. The highest BCUT2D eigenvalue weighted by atomic mass is 16.6. The number of allylic oxidation sites excluding steroid dienone is 1. The lowest BCUT2D eigenvalue weighted by Crippen LogP contribution is -2.25. The first-order valence-corrected chi connectivity index (χ1v) is 5.72. The van der Waals surface area contributed by atoms with Crippen LogP contribution in [-0.2, 0) is 0 Å². The van der Waals surface area contributed by atoms with Gasteiger partial charge < -0.3 is 5.21 Å². The van der Waals surface area contributed by atoms with Crippen molar-refractivity contribution in [1.82, 2.24) is 0 Å². The Morgan fingerprint density at radius 3 is 2.50 bits per heavy atom. The summed E-state index contributed by atoms with van der Waals surface area (Å²) in [4.78, 5) is 21.8. The van der Waals surface area contributed by atoms with Crippen molar-refractivity contribution in [3.63, 3.8) is 0 Å². The van der Waals surface area contributed by atoms with Crippen LogP contribution in [0.25, 0.3) is 6.08 Å². The van der Waals surface area contributed by atoms with Gasteiger partial charge in [-0.25, -0.2) is 0 Å². The minimum Gasteiger partial charge on any atom is -0.619 e. The monoisotopic (exact) mass is 270 g/mol. The molecule has 0 N–H and O–H groups in total. The van der Waals surface area contributed by atoms with Gasteiger partial charge in [-0.1, -0.05) is 6.08 Å². The second-order valence-electron chi connectivity index (χ2n) is 4.00. The van der Waals surface area contributed by atoms with Gasteiger partial charge in [0.2, 0.25) is 0 Å². The molecule has 0 amide bonds. The summed E-state index contributed by atoms with van der Waals surface area (Å²) in [7, 11) is 0. The number of nitrogens with zero attached hydrogens (tertiary/aromatic N) is 2. The number of hydrogen-bond acceptors (Lipinski definition) is 4. The van der Waals surface area contributed by atoms with E-state index >= 15 is 0 Å². The number of ketones is 1. The molecule has 0 unspecified atom stereocenters. The Balaban J connectivity index is 2.13. The number of benzene rings is 1. The van der Waals surface area contributed by atoms with Crippen LogP contribution in [0, 0.1) is 15.3 Å². The molecule has 0 fully saturated rings. The molecule has 0 aliphatic rings. The molecule has 2 rings (SSSR count). The van der Waals surface area contributed by atoms with Crippen molar-refractivity contribution in [3.05, 3.63) is 81.3 Å². The highest BCUT2D eigenvalue weighted by Gasteiger charge is 2.05. The van der Waals surface area contributed by atoms with Crippen molar-refractivity contribution in [2.75, 3.05) is 0 Å². The number of aromatic nitrogens is 1. The number of pyridine rings is 1. The first-order valence-electron chi connectivity index (χ1n) is 5.72. The van der Waals surface area contributed by atoms with Crippen LogP contribution in [0.15, 0.2) is 54.9 Å². The SMILES string of the molecule is O=C(C=Cc1ccc([N+](=O)[O-])cc1)c1ccc[n+]([O-])c1. The molecule has 1 aromatic heterocycles. The van der Waals surface area contributed by atoms with Gasteiger partial charge in [0.1, 0.15) is 0 Å². The van der Waals surface area contributed by atoms with Crippen LogP contribution in [0.3, 0.4) is 0 Å². The largest absolute Gasteiger partial charge is 0.619 e. The van der Waals surface area contributed by atoms with Gasteiger partial charge in [-0.05, 0) is 29.8 Å². The van der Waals surface area contributed by atoms with Gasteiger partial charge in [-0.15, -0.1) is 0 Å². The van der Waals surface area contributed by atoms with Crippen LogP contribution in [0.4, 0.5) is 5.69 Å². The molecule has 0 bridgehead atoms. The normalized spacial score (nSPS) is 10.6. The molecule has 0 atom stereocenters. The third-order valence-corrected chi connectivity index (χ3v) is 2.59. The van der Waals surface area contributed by atoms with Crippen molar-refractivity contribution in [1.29, 1.82) is 0 Å². The van der Waals surface area contributed by atoms with Gasteiger partial charge in [0, 0.05) is 18.2 Å². The maximum absolute atomic E-state index is 11.8. The van der Waals surface area contributed by atoms with E-state index in [1.54, 1.807) is 12.1 Å². The molecule has 0 aliphatic heterocycles. The van der Waals surface area contributed by atoms with Gasteiger partial charge in [-0.3, -0.25) is 14.9 Å². The molecule has 20 heavy (non-hydrogen) atoms. The average molecular weight is 270 g/mol. The maximum Gasteiger partial charge on any atom is 0.269 e. The average Bonchev–Trinajstić information content (AvgIpc) is 2.45. The molecule has 0 saturated carbocycles. The number of non-ortho nitro benzene ring substituents is 1. The molecule has 6 nitrogen and oxygen atoms in total. The lowest BCUT2D eigenvalue weighted by atomic mass is 10.1. The molecular formula is C14H10N2O4. The molecule has 1 aromatic carbocycles. The van der Waals surface area contributed by atoms with E-state index in [0.29, 0.717) is 10.3 Å². The molecule has 0 radical (unpaired) electrons. The van der Waals surface area contributed by atoms with Gasteiger partial charge in [0.15, 0.2) is 18.2 Å². The minimum atomic E-state index is -0.490. The van der Waals surface area contributed by atoms with E-state index in [0.717, 1.165) is 0 Å². The van der Waals surface area contributed by atoms with E-state index in [1.165, 1.54) is 48.8 Å². The Morgan fingerprint density at radius 2 is 1.90 bits per heavy atom. The lowest BCUT2D eigenvalue weighted by molar-refractivity contribution is -0.605. The van der Waals surface area contributed by atoms with E-state index in [9.17, 15) is 20.1 Å². The number of nitro groups is 1. The number of rotatable bonds is 4. The highest BCUT2D eigenvalue weighted by molar-refractivity contribution is 6.06. The molecule has 100 valence electrons. The van der Waals surface area contributed by atoms with E-state index in [-0.39, 0.29) is 17.0 Å². The van der Waals surface area contributed by atoms with Crippen molar-refractivity contribution < 1.29 is 14.4 Å². The van der Waals surface area contributed by atoms with Crippen LogP contribution >= 0.6 is 0 Å². The van der Waals surface area contributed by atoms with E-state index in [2.05, 4.69) is 0 Å². The molecule has 0 spiro atoms. The summed E-state index contributed by atoms with van der Waals surface area (Å²) in [5.74, 6) is -0.312. The Labute approximate surface area is 114 Å². The first kappa shape index (κ1) is 13.4. The first-order chi connectivity index (χ1) is 9.56. The minimum absolute atomic E-state index is 0.0102. The summed E-state index contributed by atoms with van der Waals surface area (Å²) in [5.41, 5.74) is 0.930. The zero-order valence-electron chi connectivity index (χ0n) is 10.3. The fourth-order valence-corrected chi connectivity index (χ4v) is 1.58. The summed E-state index contributed by atoms with van der Waals surface area (Å²) in [5, 5.41) is 21.5. The second-order valence-corrected chi connectivity index (χ2v) is 4.00. The van der Waals surface area contributed by atoms with E-state index in [1.807, 2.05) is 0 Å². The summed E-state index contributed by atoms with van der Waals surface area (Å²) in [6.45, 7) is 0. The summed E-state index contributed by atoms with van der Waals surface area (Å²) < 4.78 is 0.549. The van der Waals surface area contributed by atoms with E-state index in [4.69, 9.17) is 0 Å². The Hall–Kier alpha value is -3.02. The predicted molar refractivity (Wildman–Crippen MR) is 71.9 cm³/mol. The van der Waals surface area contributed by atoms with Crippen molar-refractivity contribution >= 4 is 17.5 Å². The van der Waals surface area contributed by atoms with E-state index < -0.39 is 4.92 Å². The van der Waals surface area contributed by atoms with Crippen LogP contribution < -0.4 is 4.73 Å². The zero-order valence-corrected chi connectivity index (χ0v) is 10.3. The predicted octanol–water partition coefficient (Wildman–Crippen LogP) is 2.12. The number of nitro benzene ring substituents is 1. The van der Waals surface area contributed by atoms with Crippen molar-refractivity contribution in [2.45, 2.75) is 0 Å². The topological polar surface area (TPSA) is 87.1 Å². The van der Waals surface area contributed by atoms with Crippen molar-refractivity contribution in [2.24, 2.45) is 0 Å². The van der Waals surface area contributed by atoms with Gasteiger partial charge >= 0.3 is 0 Å². The summed E-state index contributed by atoms with van der Waals surface area (Å²) in [6.07, 6.45) is 5.32. The number of hydrogen-bond donors (Lipinski definition) is 0. The number of carbonyl (C=O) groups is 1. The third-order valence-electron chi connectivity index (χ3n) is 2.59. The molecule has 6 heteroatoms. The van der Waals surface area contributed by atoms with Gasteiger partial charge in [0.25, 0.3) is 5.69 Å². The van der Waals surface area contributed by atoms with Crippen LogP contribution in [-0.4, -0.2) is 10.7 Å². The fourth-order valence-electron chi connectivity index (χ4n) is 1.58. The molecule has 0 saturated heterocycles. The zero-order chi connectivity index (χ0) is 14.5. The molecular weight excluding hydrogens is 260 g/mol. The van der Waals surface area contributed by atoms with Crippen LogP contribution in [0.2, 0.25) is 0 Å². The standard InChI is InChI=1S/C14H10N2O4/c17-14(12-2-1-9-15(18)10-12)8-5-11-3-6-13(7-4-11)16(19)20/h1-10H. The third kappa shape index (κ3) is 3.26. The Bertz CT molecular complexity index is 678. The van der Waals surface area contributed by atoms with Crippen LogP contribution in [0.1, 0.15) is 15.9 Å². The smallest absolute Gasteiger partial charge is 0.269 e. The molecule has 2 aromatic rings. The quantitative estimate of drug-likeness (QED) is 0.212.